The molecule has 2 aliphatic rings. The SMILES string of the molecule is CC(C)N(CCN(C)C(=O)COCCOCCOCCOCCN)C[C@@H](C(=O)N1CCN(c2ncnc3c2[C@H](C)C[C@H]3O)CC1)c1ccc(Cl)cc1.Cl. The van der Waals surface area contributed by atoms with Crippen LogP contribution < -0.4 is 10.6 Å². The van der Waals surface area contributed by atoms with Crippen molar-refractivity contribution in [3.05, 3.63) is 52.4 Å². The predicted molar refractivity (Wildman–Crippen MR) is 207 cm³/mol. The van der Waals surface area contributed by atoms with Crippen LogP contribution in [0.15, 0.2) is 30.6 Å². The molecule has 1 aliphatic carbocycles. The minimum Gasteiger partial charge on any atom is -0.387 e. The highest BCUT2D eigenvalue weighted by Gasteiger charge is 2.35. The van der Waals surface area contributed by atoms with Crippen molar-refractivity contribution in [2.45, 2.75) is 51.2 Å². The Kier molecular flexibility index (Phi) is 19.7. The first-order valence-electron chi connectivity index (χ1n) is 18.4. The lowest BCUT2D eigenvalue weighted by molar-refractivity contribution is -0.136. The van der Waals surface area contributed by atoms with Gasteiger partial charge in [0.05, 0.1) is 64.0 Å². The van der Waals surface area contributed by atoms with E-state index in [-0.39, 0.29) is 42.8 Å². The number of carbonyl (C=O) groups is 2. The molecule has 3 atom stereocenters. The van der Waals surface area contributed by atoms with Gasteiger partial charge in [-0.25, -0.2) is 9.97 Å². The van der Waals surface area contributed by atoms with E-state index in [0.717, 1.165) is 22.6 Å². The fraction of sp³-hybridized carbons (Fsp3) is 0.676. The molecule has 3 N–H and O–H groups in total. The maximum atomic E-state index is 14.3. The topological polar surface area (TPSA) is 156 Å². The number of aromatic nitrogens is 2. The number of hydrogen-bond donors (Lipinski definition) is 2. The van der Waals surface area contributed by atoms with Gasteiger partial charge in [-0.15, -0.1) is 12.4 Å². The number of piperazine rings is 1. The molecule has 14 nitrogen and oxygen atoms in total. The van der Waals surface area contributed by atoms with Crippen molar-refractivity contribution in [2.75, 3.05) is 117 Å². The van der Waals surface area contributed by atoms with Gasteiger partial charge in [-0.05, 0) is 43.9 Å². The van der Waals surface area contributed by atoms with Crippen molar-refractivity contribution in [1.29, 1.82) is 0 Å². The van der Waals surface area contributed by atoms with Crippen LogP contribution in [0, 0.1) is 0 Å². The largest absolute Gasteiger partial charge is 0.387 e. The van der Waals surface area contributed by atoms with E-state index in [9.17, 15) is 14.7 Å². The third-order valence-corrected chi connectivity index (χ3v) is 9.89. The summed E-state index contributed by atoms with van der Waals surface area (Å²) in [5.74, 6) is 0.566. The smallest absolute Gasteiger partial charge is 0.248 e. The fourth-order valence-electron chi connectivity index (χ4n) is 6.55. The minimum absolute atomic E-state index is 0. The van der Waals surface area contributed by atoms with Crippen LogP contribution in [0.3, 0.4) is 0 Å². The van der Waals surface area contributed by atoms with Gasteiger partial charge < -0.3 is 44.5 Å². The van der Waals surface area contributed by atoms with Gasteiger partial charge in [0.15, 0.2) is 0 Å². The van der Waals surface area contributed by atoms with Crippen LogP contribution in [0.2, 0.25) is 5.02 Å². The first-order valence-corrected chi connectivity index (χ1v) is 18.8. The zero-order valence-electron chi connectivity index (χ0n) is 31.7. The van der Waals surface area contributed by atoms with Crippen LogP contribution in [0.1, 0.15) is 62.0 Å². The Bertz CT molecular complexity index is 1390. The van der Waals surface area contributed by atoms with Crippen molar-refractivity contribution in [3.8, 4) is 0 Å². The van der Waals surface area contributed by atoms with E-state index in [1.165, 1.54) is 6.33 Å². The van der Waals surface area contributed by atoms with Crippen molar-refractivity contribution in [1.82, 2.24) is 24.7 Å². The van der Waals surface area contributed by atoms with Gasteiger partial charge >= 0.3 is 0 Å². The molecule has 2 amide bonds. The number of amides is 2. The molecule has 0 unspecified atom stereocenters. The number of nitrogens with two attached hydrogens (primary N) is 1. The summed E-state index contributed by atoms with van der Waals surface area (Å²) in [6.45, 7) is 13.8. The Morgan fingerprint density at radius 2 is 1.55 bits per heavy atom. The Balaban J connectivity index is 0.00000756. The predicted octanol–water partition coefficient (Wildman–Crippen LogP) is 2.72. The van der Waals surface area contributed by atoms with E-state index < -0.39 is 12.0 Å². The molecule has 0 saturated carbocycles. The number of hydrogen-bond acceptors (Lipinski definition) is 12. The number of aliphatic hydroxyl groups excluding tert-OH is 1. The van der Waals surface area contributed by atoms with E-state index in [1.54, 1.807) is 11.9 Å². The number of likely N-dealkylation sites (N-methyl/N-ethyl adjacent to an activating group) is 1. The normalized spacial score (nSPS) is 17.6. The lowest BCUT2D eigenvalue weighted by Crippen LogP contribution is -2.52. The zero-order valence-corrected chi connectivity index (χ0v) is 33.2. The molecule has 4 rings (SSSR count). The number of nitrogens with zero attached hydrogens (tertiary/aromatic N) is 6. The molecular formula is C37H59Cl2N7O7. The zero-order chi connectivity index (χ0) is 37.5. The molecule has 1 aliphatic heterocycles. The van der Waals surface area contributed by atoms with Gasteiger partial charge in [-0.1, -0.05) is 30.7 Å². The highest BCUT2D eigenvalue weighted by molar-refractivity contribution is 6.30. The van der Waals surface area contributed by atoms with Crippen LogP contribution in [-0.2, 0) is 28.5 Å². The van der Waals surface area contributed by atoms with Crippen LogP contribution >= 0.6 is 24.0 Å². The number of benzene rings is 1. The van der Waals surface area contributed by atoms with Crippen LogP contribution in [0.25, 0.3) is 0 Å². The monoisotopic (exact) mass is 783 g/mol. The molecular weight excluding hydrogens is 725 g/mol. The third-order valence-electron chi connectivity index (χ3n) is 9.64. The maximum absolute atomic E-state index is 14.3. The second-order valence-corrected chi connectivity index (χ2v) is 14.1. The Morgan fingerprint density at radius 1 is 0.943 bits per heavy atom. The first kappa shape index (κ1) is 44.7. The van der Waals surface area contributed by atoms with Crippen LogP contribution in [0.4, 0.5) is 5.82 Å². The number of fused-ring (bicyclic) bond motifs is 1. The van der Waals surface area contributed by atoms with Gasteiger partial charge in [0.25, 0.3) is 0 Å². The average Bonchev–Trinajstić information content (AvgIpc) is 3.44. The third kappa shape index (κ3) is 13.5. The first-order chi connectivity index (χ1) is 25.1. The van der Waals surface area contributed by atoms with Crippen molar-refractivity contribution >= 4 is 41.6 Å². The van der Waals surface area contributed by atoms with Gasteiger partial charge in [-0.2, -0.15) is 0 Å². The molecule has 1 aromatic carbocycles. The van der Waals surface area contributed by atoms with Gasteiger partial charge in [0, 0.05) is 76.0 Å². The molecule has 0 spiro atoms. The Hall–Kier alpha value is -2.66. The molecule has 298 valence electrons. The van der Waals surface area contributed by atoms with E-state index in [2.05, 4.69) is 40.5 Å². The molecule has 1 aromatic heterocycles. The standard InChI is InChI=1S/C37H58ClN7O7.ClH/c1-27(2)45(11-10-42(4)33(47)25-52-22-21-51-20-19-50-18-17-49-16-9-39)24-31(29-5-7-30(38)8-6-29)37(48)44-14-12-43(13-15-44)36-34-28(3)23-32(46)35(34)40-26-41-36;/h5-8,26-28,31-32,46H,9-25,39H2,1-4H3;1H/t28-,31-,32-;/m1./s1. The molecule has 2 heterocycles. The molecule has 2 aromatic rings. The van der Waals surface area contributed by atoms with Crippen molar-refractivity contribution in [3.63, 3.8) is 0 Å². The molecule has 53 heavy (non-hydrogen) atoms. The lowest BCUT2D eigenvalue weighted by Gasteiger charge is -2.39. The molecule has 0 bridgehead atoms. The summed E-state index contributed by atoms with van der Waals surface area (Å²) in [5.41, 5.74) is 8.02. The molecule has 1 saturated heterocycles. The number of aliphatic hydroxyl groups is 1. The van der Waals surface area contributed by atoms with Crippen molar-refractivity contribution < 1.29 is 33.6 Å². The van der Waals surface area contributed by atoms with Gasteiger partial charge in [0.2, 0.25) is 11.8 Å². The average molecular weight is 785 g/mol. The van der Waals surface area contributed by atoms with Gasteiger partial charge in [0.1, 0.15) is 18.8 Å². The fourth-order valence-corrected chi connectivity index (χ4v) is 6.67. The summed E-state index contributed by atoms with van der Waals surface area (Å²) in [5, 5.41) is 11.1. The maximum Gasteiger partial charge on any atom is 0.248 e. The van der Waals surface area contributed by atoms with Gasteiger partial charge in [-0.3, -0.25) is 14.5 Å². The van der Waals surface area contributed by atoms with E-state index >= 15 is 0 Å². The second kappa shape index (κ2) is 23.3. The number of ether oxygens (including phenoxy) is 4. The van der Waals surface area contributed by atoms with E-state index in [0.29, 0.717) is 110 Å². The number of anilines is 1. The van der Waals surface area contributed by atoms with Crippen LogP contribution in [0.5, 0.6) is 0 Å². The minimum atomic E-state index is -0.565. The highest BCUT2D eigenvalue weighted by Crippen LogP contribution is 2.42. The summed E-state index contributed by atoms with van der Waals surface area (Å²) < 4.78 is 21.7. The lowest BCUT2D eigenvalue weighted by atomic mass is 9.95. The van der Waals surface area contributed by atoms with Crippen molar-refractivity contribution in [2.24, 2.45) is 5.73 Å². The Morgan fingerprint density at radius 3 is 2.15 bits per heavy atom. The second-order valence-electron chi connectivity index (χ2n) is 13.6. The van der Waals surface area contributed by atoms with E-state index in [1.807, 2.05) is 29.2 Å². The Labute approximate surface area is 325 Å². The number of halogens is 2. The summed E-state index contributed by atoms with van der Waals surface area (Å²) in [6, 6.07) is 7.65. The number of rotatable bonds is 22. The summed E-state index contributed by atoms with van der Waals surface area (Å²) in [7, 11) is 1.77. The quantitative estimate of drug-likeness (QED) is 0.169. The highest BCUT2D eigenvalue weighted by atomic mass is 35.5. The molecule has 0 radical (unpaired) electrons. The summed E-state index contributed by atoms with van der Waals surface area (Å²) in [6.07, 6.45) is 1.61. The van der Waals surface area contributed by atoms with E-state index in [4.69, 9.17) is 36.3 Å². The summed E-state index contributed by atoms with van der Waals surface area (Å²) >= 11 is 6.24. The summed E-state index contributed by atoms with van der Waals surface area (Å²) in [4.78, 5) is 44.1. The van der Waals surface area contributed by atoms with Crippen LogP contribution in [-0.4, -0.2) is 160 Å². The molecule has 16 heteroatoms. The molecule has 1 fully saturated rings. The number of carbonyl (C=O) groups excluding carboxylic acids is 2.